The molecule has 1 aromatic rings. The topological polar surface area (TPSA) is 39.1 Å². The van der Waals surface area contributed by atoms with Gasteiger partial charge >= 0.3 is 0 Å². The van der Waals surface area contributed by atoms with Gasteiger partial charge in [0.2, 0.25) is 0 Å². The molecule has 1 aromatic carbocycles. The van der Waals surface area contributed by atoms with E-state index in [4.69, 9.17) is 5.26 Å². The van der Waals surface area contributed by atoms with Gasteiger partial charge < -0.3 is 5.32 Å². The van der Waals surface area contributed by atoms with Crippen LogP contribution in [0.1, 0.15) is 24.0 Å². The summed E-state index contributed by atoms with van der Waals surface area (Å²) in [7, 11) is 1.98. The first-order valence-electron chi connectivity index (χ1n) is 6.78. The fourth-order valence-corrected chi connectivity index (χ4v) is 2.62. The average Bonchev–Trinajstić information content (AvgIpc) is 2.43. The number of benzene rings is 1. The number of halogens is 1. The Bertz CT molecular complexity index is 459. The van der Waals surface area contributed by atoms with Crippen LogP contribution in [0.4, 0.5) is 4.39 Å². The summed E-state index contributed by atoms with van der Waals surface area (Å²) in [6.45, 7) is 3.75. The molecule has 19 heavy (non-hydrogen) atoms. The Morgan fingerprint density at radius 2 is 2.16 bits per heavy atom. The summed E-state index contributed by atoms with van der Waals surface area (Å²) in [6.07, 6.45) is 2.33. The molecule has 4 heteroatoms. The molecule has 0 bridgehead atoms. The largest absolute Gasteiger partial charge is 0.319 e. The Balaban J connectivity index is 1.91. The van der Waals surface area contributed by atoms with Gasteiger partial charge in [-0.15, -0.1) is 0 Å². The van der Waals surface area contributed by atoms with Crippen molar-refractivity contribution in [1.29, 1.82) is 5.26 Å². The van der Waals surface area contributed by atoms with Gasteiger partial charge in [-0.1, -0.05) is 6.07 Å². The first-order valence-corrected chi connectivity index (χ1v) is 6.78. The molecule has 0 atom stereocenters. The Morgan fingerprint density at radius 3 is 2.74 bits per heavy atom. The van der Waals surface area contributed by atoms with Crippen LogP contribution in [0.5, 0.6) is 0 Å². The zero-order valence-electron chi connectivity index (χ0n) is 11.3. The summed E-state index contributed by atoms with van der Waals surface area (Å²) >= 11 is 0. The number of rotatable bonds is 4. The molecule has 0 spiro atoms. The van der Waals surface area contributed by atoms with Gasteiger partial charge in [0.1, 0.15) is 5.82 Å². The lowest BCUT2D eigenvalue weighted by molar-refractivity contribution is 0.175. The number of hydrogen-bond acceptors (Lipinski definition) is 3. The molecule has 0 amide bonds. The normalized spacial score (nSPS) is 17.3. The molecule has 1 fully saturated rings. The third kappa shape index (κ3) is 3.76. The minimum absolute atomic E-state index is 0.267. The van der Waals surface area contributed by atoms with Crippen LogP contribution in [0.2, 0.25) is 0 Å². The van der Waals surface area contributed by atoms with E-state index in [1.807, 2.05) is 13.1 Å². The van der Waals surface area contributed by atoms with Crippen LogP contribution in [0.3, 0.4) is 0 Å². The van der Waals surface area contributed by atoms with Crippen molar-refractivity contribution in [2.24, 2.45) is 5.92 Å². The summed E-state index contributed by atoms with van der Waals surface area (Å²) in [5, 5.41) is 11.9. The third-order valence-corrected chi connectivity index (χ3v) is 3.78. The van der Waals surface area contributed by atoms with Crippen molar-refractivity contribution in [3.8, 4) is 6.07 Å². The van der Waals surface area contributed by atoms with Gasteiger partial charge in [-0.2, -0.15) is 5.26 Å². The van der Waals surface area contributed by atoms with Gasteiger partial charge in [-0.05, 0) is 57.6 Å². The molecule has 0 radical (unpaired) electrons. The van der Waals surface area contributed by atoms with Crippen molar-refractivity contribution in [2.45, 2.75) is 19.4 Å². The Hall–Kier alpha value is -1.44. The number of nitrogens with zero attached hydrogens (tertiary/aromatic N) is 2. The molecule has 0 saturated carbocycles. The lowest BCUT2D eigenvalue weighted by Gasteiger charge is -2.31. The van der Waals surface area contributed by atoms with E-state index in [0.29, 0.717) is 17.7 Å². The minimum Gasteiger partial charge on any atom is -0.319 e. The predicted octanol–water partition coefficient (Wildman–Crippen LogP) is 2.13. The summed E-state index contributed by atoms with van der Waals surface area (Å²) in [6, 6.07) is 6.70. The molecule has 2 rings (SSSR count). The molecular formula is C15H20FN3. The van der Waals surface area contributed by atoms with Crippen molar-refractivity contribution in [2.75, 3.05) is 26.7 Å². The van der Waals surface area contributed by atoms with Crippen LogP contribution < -0.4 is 5.32 Å². The minimum atomic E-state index is -0.267. The first-order chi connectivity index (χ1) is 9.22. The number of piperidine rings is 1. The highest BCUT2D eigenvalue weighted by Crippen LogP contribution is 2.19. The SMILES string of the molecule is CNCC1CCN(Cc2ccc(C#N)cc2F)CC1. The molecule has 1 heterocycles. The molecule has 0 aromatic heterocycles. The maximum absolute atomic E-state index is 13.8. The van der Waals surface area contributed by atoms with E-state index < -0.39 is 0 Å². The van der Waals surface area contributed by atoms with E-state index in [2.05, 4.69) is 10.2 Å². The van der Waals surface area contributed by atoms with Gasteiger partial charge in [0.25, 0.3) is 0 Å². The fourth-order valence-electron chi connectivity index (χ4n) is 2.62. The van der Waals surface area contributed by atoms with Crippen molar-refractivity contribution >= 4 is 0 Å². The van der Waals surface area contributed by atoms with Crippen molar-refractivity contribution in [3.05, 3.63) is 35.1 Å². The van der Waals surface area contributed by atoms with E-state index in [1.165, 1.54) is 18.9 Å². The number of nitrogens with one attached hydrogen (secondary N) is 1. The highest BCUT2D eigenvalue weighted by Gasteiger charge is 2.19. The monoisotopic (exact) mass is 261 g/mol. The summed E-state index contributed by atoms with van der Waals surface area (Å²) in [5.41, 5.74) is 1.07. The standard InChI is InChI=1S/C15H20FN3/c1-18-10-12-4-6-19(7-5-12)11-14-3-2-13(9-17)8-15(14)16/h2-3,8,12,18H,4-7,10-11H2,1H3. The lowest BCUT2D eigenvalue weighted by Crippen LogP contribution is -2.36. The van der Waals surface area contributed by atoms with E-state index in [-0.39, 0.29) is 5.82 Å². The Kier molecular flexibility index (Phi) is 4.89. The summed E-state index contributed by atoms with van der Waals surface area (Å²) in [5.74, 6) is 0.475. The zero-order chi connectivity index (χ0) is 13.7. The van der Waals surface area contributed by atoms with Crippen LogP contribution in [0, 0.1) is 23.1 Å². The van der Waals surface area contributed by atoms with E-state index >= 15 is 0 Å². The summed E-state index contributed by atoms with van der Waals surface area (Å²) in [4.78, 5) is 2.29. The van der Waals surface area contributed by atoms with Gasteiger partial charge in [0.05, 0.1) is 11.6 Å². The van der Waals surface area contributed by atoms with E-state index in [1.54, 1.807) is 12.1 Å². The highest BCUT2D eigenvalue weighted by atomic mass is 19.1. The zero-order valence-corrected chi connectivity index (χ0v) is 11.3. The van der Waals surface area contributed by atoms with Crippen LogP contribution in [-0.2, 0) is 6.54 Å². The third-order valence-electron chi connectivity index (χ3n) is 3.78. The molecule has 0 aliphatic carbocycles. The second kappa shape index (κ2) is 6.65. The molecule has 1 N–H and O–H groups in total. The quantitative estimate of drug-likeness (QED) is 0.902. The number of likely N-dealkylation sites (tertiary alicyclic amines) is 1. The molecule has 3 nitrogen and oxygen atoms in total. The van der Waals surface area contributed by atoms with E-state index in [9.17, 15) is 4.39 Å². The van der Waals surface area contributed by atoms with Crippen LogP contribution in [-0.4, -0.2) is 31.6 Å². The summed E-state index contributed by atoms with van der Waals surface area (Å²) < 4.78 is 13.8. The highest BCUT2D eigenvalue weighted by molar-refractivity contribution is 5.32. The second-order valence-electron chi connectivity index (χ2n) is 5.20. The van der Waals surface area contributed by atoms with Gasteiger partial charge in [-0.3, -0.25) is 4.90 Å². The van der Waals surface area contributed by atoms with Gasteiger partial charge in [-0.25, -0.2) is 4.39 Å². The second-order valence-corrected chi connectivity index (χ2v) is 5.20. The maximum atomic E-state index is 13.8. The van der Waals surface area contributed by atoms with Gasteiger partial charge in [0, 0.05) is 12.1 Å². The molecule has 1 aliphatic heterocycles. The fraction of sp³-hybridized carbons (Fsp3) is 0.533. The Labute approximate surface area is 114 Å². The van der Waals surface area contributed by atoms with E-state index in [0.717, 1.165) is 25.6 Å². The van der Waals surface area contributed by atoms with Crippen molar-refractivity contribution < 1.29 is 4.39 Å². The molecular weight excluding hydrogens is 241 g/mol. The van der Waals surface area contributed by atoms with Crippen molar-refractivity contribution in [1.82, 2.24) is 10.2 Å². The average molecular weight is 261 g/mol. The van der Waals surface area contributed by atoms with Crippen LogP contribution in [0.15, 0.2) is 18.2 Å². The maximum Gasteiger partial charge on any atom is 0.129 e. The molecule has 1 aliphatic rings. The van der Waals surface area contributed by atoms with Crippen LogP contribution in [0.25, 0.3) is 0 Å². The first kappa shape index (κ1) is 14.0. The predicted molar refractivity (Wildman–Crippen MR) is 73.0 cm³/mol. The lowest BCUT2D eigenvalue weighted by atomic mass is 9.96. The Morgan fingerprint density at radius 1 is 1.42 bits per heavy atom. The smallest absolute Gasteiger partial charge is 0.129 e. The molecule has 102 valence electrons. The van der Waals surface area contributed by atoms with Gasteiger partial charge in [0.15, 0.2) is 0 Å². The van der Waals surface area contributed by atoms with Crippen LogP contribution >= 0.6 is 0 Å². The number of nitriles is 1. The molecule has 1 saturated heterocycles. The number of hydrogen-bond donors (Lipinski definition) is 1. The molecule has 0 unspecified atom stereocenters. The van der Waals surface area contributed by atoms with Crippen molar-refractivity contribution in [3.63, 3.8) is 0 Å².